The lowest BCUT2D eigenvalue weighted by Crippen LogP contribution is -2.27. The van der Waals surface area contributed by atoms with Crippen molar-refractivity contribution >= 4 is 27.9 Å². The summed E-state index contributed by atoms with van der Waals surface area (Å²) in [7, 11) is 1.38. The number of hydrogen-bond acceptors (Lipinski definition) is 6. The smallest absolute Gasteiger partial charge is 0.337 e. The van der Waals surface area contributed by atoms with Crippen LogP contribution >= 0.6 is 0 Å². The first-order valence-electron chi connectivity index (χ1n) is 12.7. The van der Waals surface area contributed by atoms with Gasteiger partial charge in [0.05, 0.1) is 41.0 Å². The summed E-state index contributed by atoms with van der Waals surface area (Å²) >= 11 is 0. The highest BCUT2D eigenvalue weighted by molar-refractivity contribution is 6.08. The molecule has 0 bridgehead atoms. The minimum absolute atomic E-state index is 0.130. The third kappa shape index (κ3) is 4.05. The van der Waals surface area contributed by atoms with Gasteiger partial charge in [0.15, 0.2) is 0 Å². The molecule has 1 aliphatic rings. The number of carbonyl (C=O) groups is 1. The van der Waals surface area contributed by atoms with Gasteiger partial charge in [-0.15, -0.1) is 0 Å². The number of methoxy groups -OCH3 is 1. The van der Waals surface area contributed by atoms with Gasteiger partial charge in [-0.05, 0) is 74.6 Å². The van der Waals surface area contributed by atoms with Gasteiger partial charge >= 0.3 is 5.97 Å². The number of aryl methyl sites for hydroxylation is 2. The van der Waals surface area contributed by atoms with Crippen LogP contribution in [0.15, 0.2) is 59.3 Å². The molecule has 1 fully saturated rings. The molecule has 0 spiro atoms. The van der Waals surface area contributed by atoms with Crippen LogP contribution in [0.1, 0.15) is 46.3 Å². The lowest BCUT2D eigenvalue weighted by Gasteiger charge is -2.33. The molecule has 38 heavy (non-hydrogen) atoms. The van der Waals surface area contributed by atoms with Gasteiger partial charge in [0, 0.05) is 35.9 Å². The molecule has 3 aromatic heterocycles. The number of esters is 1. The van der Waals surface area contributed by atoms with Crippen molar-refractivity contribution in [1.29, 1.82) is 0 Å². The Bertz CT molecular complexity index is 1630. The monoisotopic (exact) mass is 513 g/mol. The van der Waals surface area contributed by atoms with Crippen LogP contribution in [0.4, 0.5) is 4.39 Å². The zero-order valence-electron chi connectivity index (χ0n) is 21.5. The maximum Gasteiger partial charge on any atom is 0.337 e. The molecule has 1 atom stereocenters. The van der Waals surface area contributed by atoms with Gasteiger partial charge < -0.3 is 18.6 Å². The number of rotatable bonds is 5. The van der Waals surface area contributed by atoms with Gasteiger partial charge in [0.1, 0.15) is 11.6 Å². The summed E-state index contributed by atoms with van der Waals surface area (Å²) in [6.45, 7) is 5.13. The molecule has 6 rings (SSSR count). The molecule has 1 unspecified atom stereocenters. The minimum Gasteiger partial charge on any atom is -0.465 e. The summed E-state index contributed by atoms with van der Waals surface area (Å²) in [6.07, 6.45) is 3.56. The number of ether oxygens (including phenoxy) is 2. The Balaban J connectivity index is 1.68. The fraction of sp³-hybridized carbons (Fsp3) is 0.300. The summed E-state index contributed by atoms with van der Waals surface area (Å²) in [5.41, 5.74) is 6.66. The molecule has 7 nitrogen and oxygen atoms in total. The fourth-order valence-corrected chi connectivity index (χ4v) is 5.81. The van der Waals surface area contributed by atoms with Crippen molar-refractivity contribution < 1.29 is 23.2 Å². The normalized spacial score (nSPS) is 15.3. The molecule has 0 saturated carbocycles. The molecule has 4 heterocycles. The second-order valence-corrected chi connectivity index (χ2v) is 9.83. The summed E-state index contributed by atoms with van der Waals surface area (Å²) in [5, 5.41) is 5.06. The second-order valence-electron chi connectivity index (χ2n) is 9.83. The maximum atomic E-state index is 14.0. The topological polar surface area (TPSA) is 79.4 Å². The van der Waals surface area contributed by atoms with Crippen LogP contribution in [0.5, 0.6) is 0 Å². The van der Waals surface area contributed by atoms with Gasteiger partial charge in [-0.25, -0.2) is 9.18 Å². The molecule has 0 aliphatic carbocycles. The van der Waals surface area contributed by atoms with Crippen LogP contribution in [-0.2, 0) is 9.47 Å². The van der Waals surface area contributed by atoms with E-state index < -0.39 is 5.97 Å². The number of halogens is 1. The molecule has 5 aromatic rings. The lowest BCUT2D eigenvalue weighted by atomic mass is 9.86. The van der Waals surface area contributed by atoms with Crippen LogP contribution < -0.4 is 0 Å². The molecule has 8 heteroatoms. The lowest BCUT2D eigenvalue weighted by molar-refractivity contribution is 0.0552. The number of nitrogens with zero attached hydrogens (tertiary/aromatic N) is 3. The number of carbonyl (C=O) groups excluding carboxylic acids is 1. The predicted molar refractivity (Wildman–Crippen MR) is 142 cm³/mol. The summed E-state index contributed by atoms with van der Waals surface area (Å²) in [5.74, 6) is 0.269. The van der Waals surface area contributed by atoms with Crippen molar-refractivity contribution in [2.75, 3.05) is 20.3 Å². The molecular weight excluding hydrogens is 485 g/mol. The number of fused-ring (bicyclic) bond motifs is 3. The quantitative estimate of drug-likeness (QED) is 0.253. The minimum atomic E-state index is -0.405. The third-order valence-corrected chi connectivity index (χ3v) is 7.58. The van der Waals surface area contributed by atoms with E-state index in [1.165, 1.54) is 19.2 Å². The van der Waals surface area contributed by atoms with Gasteiger partial charge in [-0.1, -0.05) is 17.3 Å². The largest absolute Gasteiger partial charge is 0.465 e. The highest BCUT2D eigenvalue weighted by atomic mass is 19.1. The average molecular weight is 514 g/mol. The van der Waals surface area contributed by atoms with E-state index in [9.17, 15) is 9.18 Å². The van der Waals surface area contributed by atoms with E-state index in [2.05, 4.69) is 15.8 Å². The molecule has 0 amide bonds. The van der Waals surface area contributed by atoms with E-state index in [0.717, 1.165) is 62.9 Å². The van der Waals surface area contributed by atoms with Crippen molar-refractivity contribution in [3.8, 4) is 11.1 Å². The van der Waals surface area contributed by atoms with E-state index in [0.29, 0.717) is 18.8 Å². The number of aromatic nitrogens is 3. The Morgan fingerprint density at radius 2 is 1.84 bits per heavy atom. The molecule has 1 aliphatic heterocycles. The Morgan fingerprint density at radius 1 is 1.08 bits per heavy atom. The number of hydrogen-bond donors (Lipinski definition) is 0. The van der Waals surface area contributed by atoms with Crippen molar-refractivity contribution in [1.82, 2.24) is 14.7 Å². The molecule has 0 radical (unpaired) electrons. The number of benzene rings is 2. The van der Waals surface area contributed by atoms with E-state index >= 15 is 0 Å². The van der Waals surface area contributed by atoms with E-state index in [-0.39, 0.29) is 17.8 Å². The molecule has 2 aromatic carbocycles. The van der Waals surface area contributed by atoms with Crippen molar-refractivity contribution in [2.45, 2.75) is 32.7 Å². The van der Waals surface area contributed by atoms with Crippen molar-refractivity contribution in [3.63, 3.8) is 0 Å². The van der Waals surface area contributed by atoms with Crippen LogP contribution in [0, 0.1) is 25.6 Å². The van der Waals surface area contributed by atoms with E-state index in [1.807, 2.05) is 44.3 Å². The summed E-state index contributed by atoms with van der Waals surface area (Å²) in [4.78, 5) is 17.4. The average Bonchev–Trinajstić information content (AvgIpc) is 3.45. The Morgan fingerprint density at radius 3 is 2.53 bits per heavy atom. The Labute approximate surface area is 219 Å². The zero-order chi connectivity index (χ0) is 26.4. The molecule has 0 N–H and O–H groups in total. The first-order valence-corrected chi connectivity index (χ1v) is 12.7. The summed E-state index contributed by atoms with van der Waals surface area (Å²) < 4.78 is 32.4. The summed E-state index contributed by atoms with van der Waals surface area (Å²) in [6, 6.07) is 14.3. The molecule has 1 saturated heterocycles. The van der Waals surface area contributed by atoms with Gasteiger partial charge in [-0.3, -0.25) is 4.98 Å². The Hall–Kier alpha value is -4.04. The molecule has 194 valence electrons. The van der Waals surface area contributed by atoms with Crippen LogP contribution in [-0.4, -0.2) is 41.0 Å². The first-order chi connectivity index (χ1) is 18.5. The zero-order valence-corrected chi connectivity index (χ0v) is 21.5. The highest BCUT2D eigenvalue weighted by Gasteiger charge is 2.31. The van der Waals surface area contributed by atoms with Crippen molar-refractivity contribution in [3.05, 3.63) is 83.1 Å². The maximum absolute atomic E-state index is 14.0. The molecular formula is C30H28FN3O4. The van der Waals surface area contributed by atoms with Gasteiger partial charge in [0.2, 0.25) is 0 Å². The highest BCUT2D eigenvalue weighted by Crippen LogP contribution is 2.42. The van der Waals surface area contributed by atoms with Gasteiger partial charge in [-0.2, -0.15) is 0 Å². The van der Waals surface area contributed by atoms with Gasteiger partial charge in [0.25, 0.3) is 0 Å². The fourth-order valence-electron chi connectivity index (χ4n) is 5.81. The SMILES string of the molecule is COC(=O)c1ccc2c3ncc(-c4c(C)noc4C)cc3n(C(c3ccc(F)cc3)C3CCOCC3)c2c1. The standard InChI is InChI=1S/C30H28FN3O4/c1-17-27(18(2)38-33-17)22-15-26-28(32-16-22)24-9-6-21(30(35)36-3)14-25(24)34(26)29(20-10-12-37-13-11-20)19-4-7-23(31)8-5-19/h4-9,14-16,20,29H,10-13H2,1-3H3. The van der Waals surface area contributed by atoms with Crippen LogP contribution in [0.3, 0.4) is 0 Å². The third-order valence-electron chi connectivity index (χ3n) is 7.58. The second kappa shape index (κ2) is 9.68. The first kappa shape index (κ1) is 24.3. The van der Waals surface area contributed by atoms with Crippen LogP contribution in [0.2, 0.25) is 0 Å². The van der Waals surface area contributed by atoms with Crippen molar-refractivity contribution in [2.24, 2.45) is 5.92 Å². The predicted octanol–water partition coefficient (Wildman–Crippen LogP) is 6.40. The van der Waals surface area contributed by atoms with Crippen LogP contribution in [0.25, 0.3) is 33.1 Å². The van der Waals surface area contributed by atoms with E-state index in [4.69, 9.17) is 19.0 Å². The number of pyridine rings is 1. The van der Waals surface area contributed by atoms with E-state index in [1.54, 1.807) is 6.07 Å². The Kier molecular flexibility index (Phi) is 6.19.